The highest BCUT2D eigenvalue weighted by Gasteiger charge is 2.06. The smallest absolute Gasteiger partial charge is 0.192 e. The summed E-state index contributed by atoms with van der Waals surface area (Å²) < 4.78 is 0. The van der Waals surface area contributed by atoms with Crippen molar-refractivity contribution in [1.29, 1.82) is 0 Å². The minimum absolute atomic E-state index is 0.0994. The lowest BCUT2D eigenvalue weighted by atomic mass is 10.1. The zero-order valence-corrected chi connectivity index (χ0v) is 14.7. The molecule has 0 saturated carbocycles. The van der Waals surface area contributed by atoms with E-state index in [9.17, 15) is 4.79 Å². The zero-order valence-electron chi connectivity index (χ0n) is 13.9. The second kappa shape index (κ2) is 11.4. The van der Waals surface area contributed by atoms with Gasteiger partial charge < -0.3 is 16.8 Å². The summed E-state index contributed by atoms with van der Waals surface area (Å²) in [5.74, 6) is 0.241. The maximum absolute atomic E-state index is 10.7. The van der Waals surface area contributed by atoms with Gasteiger partial charge in [0.15, 0.2) is 11.8 Å². The van der Waals surface area contributed by atoms with Crippen LogP contribution in [0.5, 0.6) is 0 Å². The van der Waals surface area contributed by atoms with Crippen LogP contribution in [0.15, 0.2) is 29.4 Å². The number of hydrogen-bond acceptors (Lipinski definition) is 4. The Morgan fingerprint density at radius 3 is 2.43 bits per heavy atom. The van der Waals surface area contributed by atoms with Crippen molar-refractivity contribution in [2.45, 2.75) is 20.8 Å². The van der Waals surface area contributed by atoms with Crippen LogP contribution < -0.4 is 16.8 Å². The minimum Gasteiger partial charge on any atom is -0.370 e. The molecule has 0 bridgehead atoms. The fourth-order valence-corrected chi connectivity index (χ4v) is 1.71. The highest BCUT2D eigenvalue weighted by atomic mass is 35.5. The molecule has 0 aliphatic heterocycles. The first-order chi connectivity index (χ1) is 11.0. The van der Waals surface area contributed by atoms with E-state index < -0.39 is 0 Å². The topological polar surface area (TPSA) is 106 Å². The van der Waals surface area contributed by atoms with Crippen LogP contribution in [0.25, 0.3) is 10.8 Å². The molecule has 0 fully saturated rings. The molecule has 6 nitrogen and oxygen atoms in total. The summed E-state index contributed by atoms with van der Waals surface area (Å²) in [5.41, 5.74) is 11.1. The normalized spacial score (nSPS) is 9.09. The van der Waals surface area contributed by atoms with Crippen molar-refractivity contribution in [2.75, 3.05) is 13.6 Å². The predicted octanol–water partition coefficient (Wildman–Crippen LogP) is 2.86. The molecule has 23 heavy (non-hydrogen) atoms. The van der Waals surface area contributed by atoms with E-state index in [1.807, 2.05) is 20.9 Å². The highest BCUT2D eigenvalue weighted by Crippen LogP contribution is 2.29. The van der Waals surface area contributed by atoms with Crippen LogP contribution in [0.1, 0.15) is 31.1 Å². The lowest BCUT2D eigenvalue weighted by molar-refractivity contribution is 0.112. The number of pyridine rings is 1. The standard InChI is InChI=1S/C11H9ClN4O.C3H9N.C2H6/c12-9-4-15-10(16-11(13)14)8-3-6(5-17)1-2-7(8)9;1-3-4-2;1-2/h1-5H,(H4,13,14,15,16);4H,3H2,1-2H3;1-2H3. The van der Waals surface area contributed by atoms with Crippen LogP contribution in [0.2, 0.25) is 5.02 Å². The Hall–Kier alpha value is -2.18. The van der Waals surface area contributed by atoms with Crippen molar-refractivity contribution in [3.05, 3.63) is 35.0 Å². The summed E-state index contributed by atoms with van der Waals surface area (Å²) >= 11 is 6.00. The van der Waals surface area contributed by atoms with E-state index in [4.69, 9.17) is 23.1 Å². The van der Waals surface area contributed by atoms with Gasteiger partial charge in [-0.3, -0.25) is 4.79 Å². The number of halogens is 1. The van der Waals surface area contributed by atoms with Crippen LogP contribution in [0.4, 0.5) is 5.82 Å². The Labute approximate surface area is 141 Å². The number of guanidine groups is 1. The van der Waals surface area contributed by atoms with Gasteiger partial charge in [-0.05, 0) is 19.7 Å². The molecule has 7 heteroatoms. The Kier molecular flexibility index (Phi) is 10.3. The number of hydrogen-bond donors (Lipinski definition) is 3. The number of carbonyl (C=O) groups excluding carboxylic acids is 1. The number of fused-ring (bicyclic) bond motifs is 1. The number of aromatic nitrogens is 1. The molecular formula is C16H24ClN5O. The van der Waals surface area contributed by atoms with E-state index in [0.717, 1.165) is 18.2 Å². The predicted molar refractivity (Wildman–Crippen MR) is 98.6 cm³/mol. The maximum atomic E-state index is 10.7. The van der Waals surface area contributed by atoms with Gasteiger partial charge in [0, 0.05) is 22.5 Å². The monoisotopic (exact) mass is 337 g/mol. The summed E-state index contributed by atoms with van der Waals surface area (Å²) in [6.45, 7) is 7.14. The Balaban J connectivity index is 0.000000705. The highest BCUT2D eigenvalue weighted by molar-refractivity contribution is 6.35. The molecule has 1 aromatic heterocycles. The maximum Gasteiger partial charge on any atom is 0.192 e. The average molecular weight is 338 g/mol. The quantitative estimate of drug-likeness (QED) is 0.453. The molecule has 2 aromatic rings. The van der Waals surface area contributed by atoms with Gasteiger partial charge in [0.25, 0.3) is 0 Å². The lowest BCUT2D eigenvalue weighted by Gasteiger charge is -2.04. The van der Waals surface area contributed by atoms with Crippen molar-refractivity contribution in [1.82, 2.24) is 10.3 Å². The fraction of sp³-hybridized carbons (Fsp3) is 0.312. The molecule has 0 spiro atoms. The number of rotatable bonds is 3. The summed E-state index contributed by atoms with van der Waals surface area (Å²) in [6.07, 6.45) is 2.20. The van der Waals surface area contributed by atoms with Crippen LogP contribution in [0, 0.1) is 0 Å². The van der Waals surface area contributed by atoms with Gasteiger partial charge in [-0.25, -0.2) is 4.98 Å². The molecule has 126 valence electrons. The zero-order chi connectivity index (χ0) is 17.8. The van der Waals surface area contributed by atoms with Gasteiger partial charge in [0.1, 0.15) is 6.29 Å². The van der Waals surface area contributed by atoms with E-state index in [-0.39, 0.29) is 5.96 Å². The number of aliphatic imine (C=N–C) groups is 1. The molecule has 5 N–H and O–H groups in total. The molecule has 0 amide bonds. The molecule has 1 aromatic carbocycles. The molecule has 0 aliphatic carbocycles. The first-order valence-corrected chi connectivity index (χ1v) is 7.69. The Bertz CT molecular complexity index is 652. The van der Waals surface area contributed by atoms with Crippen molar-refractivity contribution in [3.8, 4) is 0 Å². The number of aldehydes is 1. The number of nitrogens with two attached hydrogens (primary N) is 2. The molecule has 2 rings (SSSR count). The second-order valence-electron chi connectivity index (χ2n) is 4.10. The van der Waals surface area contributed by atoms with Crippen molar-refractivity contribution in [3.63, 3.8) is 0 Å². The van der Waals surface area contributed by atoms with E-state index >= 15 is 0 Å². The number of nitrogens with zero attached hydrogens (tertiary/aromatic N) is 2. The van der Waals surface area contributed by atoms with E-state index in [2.05, 4.69) is 22.2 Å². The van der Waals surface area contributed by atoms with Gasteiger partial charge in [0.05, 0.1) is 5.02 Å². The fourth-order valence-electron chi connectivity index (χ4n) is 1.50. The third-order valence-corrected chi connectivity index (χ3v) is 2.87. The van der Waals surface area contributed by atoms with Crippen molar-refractivity contribution >= 4 is 40.4 Å². The molecule has 1 heterocycles. The van der Waals surface area contributed by atoms with Crippen molar-refractivity contribution in [2.24, 2.45) is 16.5 Å². The van der Waals surface area contributed by atoms with Gasteiger partial charge in [0.2, 0.25) is 0 Å². The SMILES string of the molecule is CC.CCNC.NC(N)=Nc1ncc(Cl)c2ccc(C=O)cc12. The van der Waals surface area contributed by atoms with E-state index in [1.54, 1.807) is 18.2 Å². The third-order valence-electron chi connectivity index (χ3n) is 2.57. The second-order valence-corrected chi connectivity index (χ2v) is 4.50. The summed E-state index contributed by atoms with van der Waals surface area (Å²) in [6, 6.07) is 5.04. The summed E-state index contributed by atoms with van der Waals surface area (Å²) in [5, 5.41) is 4.79. The third kappa shape index (κ3) is 6.63. The van der Waals surface area contributed by atoms with Crippen molar-refractivity contribution < 1.29 is 4.79 Å². The average Bonchev–Trinajstić information content (AvgIpc) is 2.58. The van der Waals surface area contributed by atoms with Gasteiger partial charge >= 0.3 is 0 Å². The molecule has 0 aliphatic rings. The molecule has 0 saturated heterocycles. The largest absolute Gasteiger partial charge is 0.370 e. The first kappa shape index (κ1) is 20.8. The molecule has 0 atom stereocenters. The molecule has 0 unspecified atom stereocenters. The van der Waals surface area contributed by atoms with Crippen LogP contribution in [-0.2, 0) is 0 Å². The molecular weight excluding hydrogens is 314 g/mol. The summed E-state index contributed by atoms with van der Waals surface area (Å²) in [7, 11) is 1.93. The van der Waals surface area contributed by atoms with Crippen LogP contribution >= 0.6 is 11.6 Å². The van der Waals surface area contributed by atoms with Crippen LogP contribution in [0.3, 0.4) is 0 Å². The Morgan fingerprint density at radius 1 is 1.35 bits per heavy atom. The summed E-state index contributed by atoms with van der Waals surface area (Å²) in [4.78, 5) is 18.6. The van der Waals surface area contributed by atoms with E-state index in [0.29, 0.717) is 21.8 Å². The van der Waals surface area contributed by atoms with Gasteiger partial charge in [-0.2, -0.15) is 4.99 Å². The van der Waals surface area contributed by atoms with Crippen LogP contribution in [-0.4, -0.2) is 30.8 Å². The number of nitrogens with one attached hydrogen (secondary N) is 1. The van der Waals surface area contributed by atoms with E-state index in [1.165, 1.54) is 6.20 Å². The lowest BCUT2D eigenvalue weighted by Crippen LogP contribution is -2.22. The molecule has 0 radical (unpaired) electrons. The minimum atomic E-state index is -0.0994. The number of benzene rings is 1. The van der Waals surface area contributed by atoms with Gasteiger partial charge in [-0.1, -0.05) is 44.5 Å². The Morgan fingerprint density at radius 2 is 1.96 bits per heavy atom. The number of carbonyl (C=O) groups is 1. The van der Waals surface area contributed by atoms with Gasteiger partial charge in [-0.15, -0.1) is 0 Å². The first-order valence-electron chi connectivity index (χ1n) is 7.31.